The first-order valence-electron chi connectivity index (χ1n) is 5.78. The van der Waals surface area contributed by atoms with Gasteiger partial charge in [-0.15, -0.1) is 0 Å². The molecule has 84 valence electrons. The van der Waals surface area contributed by atoms with Crippen LogP contribution < -0.4 is 5.32 Å². The third-order valence-corrected chi connectivity index (χ3v) is 5.08. The Bertz CT molecular complexity index is 177. The molecule has 1 heterocycles. The summed E-state index contributed by atoms with van der Waals surface area (Å²) in [6, 6.07) is 0.748. The summed E-state index contributed by atoms with van der Waals surface area (Å²) in [6.45, 7) is 12.8. The van der Waals surface area contributed by atoms with Crippen LogP contribution in [-0.2, 0) is 0 Å². The zero-order valence-electron chi connectivity index (χ0n) is 10.3. The molecule has 0 amide bonds. The van der Waals surface area contributed by atoms with Gasteiger partial charge in [-0.25, -0.2) is 0 Å². The summed E-state index contributed by atoms with van der Waals surface area (Å²) in [4.78, 5) is 0. The first kappa shape index (κ1) is 12.4. The van der Waals surface area contributed by atoms with Crippen LogP contribution in [0.1, 0.15) is 41.0 Å². The maximum Gasteiger partial charge on any atom is 0.0191 e. The summed E-state index contributed by atoms with van der Waals surface area (Å²) in [5.41, 5.74) is 0.424. The summed E-state index contributed by atoms with van der Waals surface area (Å²) in [6.07, 6.45) is 1.35. The minimum absolute atomic E-state index is 0.424. The van der Waals surface area contributed by atoms with Gasteiger partial charge in [-0.2, -0.15) is 11.8 Å². The monoisotopic (exact) mass is 215 g/mol. The highest BCUT2D eigenvalue weighted by Crippen LogP contribution is 2.29. The SMILES string of the molecule is CC1SCCC1NCC(C)(C)C(C)C. The fourth-order valence-corrected chi connectivity index (χ4v) is 2.82. The molecular formula is C12H25NS. The lowest BCUT2D eigenvalue weighted by Gasteiger charge is -2.31. The van der Waals surface area contributed by atoms with Gasteiger partial charge >= 0.3 is 0 Å². The van der Waals surface area contributed by atoms with Crippen LogP contribution in [0.3, 0.4) is 0 Å². The van der Waals surface area contributed by atoms with E-state index in [0.29, 0.717) is 5.41 Å². The second-order valence-corrected chi connectivity index (χ2v) is 6.98. The van der Waals surface area contributed by atoms with Gasteiger partial charge in [0.05, 0.1) is 0 Å². The van der Waals surface area contributed by atoms with E-state index in [1.165, 1.54) is 12.2 Å². The van der Waals surface area contributed by atoms with Crippen LogP contribution >= 0.6 is 11.8 Å². The van der Waals surface area contributed by atoms with Crippen molar-refractivity contribution in [2.75, 3.05) is 12.3 Å². The summed E-state index contributed by atoms with van der Waals surface area (Å²) in [7, 11) is 0. The lowest BCUT2D eigenvalue weighted by molar-refractivity contribution is 0.228. The lowest BCUT2D eigenvalue weighted by atomic mass is 9.81. The fourth-order valence-electron chi connectivity index (χ4n) is 1.60. The third kappa shape index (κ3) is 3.16. The van der Waals surface area contributed by atoms with Gasteiger partial charge in [0.2, 0.25) is 0 Å². The van der Waals surface area contributed by atoms with Crippen LogP contribution in [0, 0.1) is 11.3 Å². The normalized spacial score (nSPS) is 28.7. The van der Waals surface area contributed by atoms with E-state index in [2.05, 4.69) is 51.7 Å². The average molecular weight is 215 g/mol. The molecule has 0 saturated carbocycles. The quantitative estimate of drug-likeness (QED) is 0.773. The van der Waals surface area contributed by atoms with Gasteiger partial charge < -0.3 is 5.32 Å². The number of hydrogen-bond acceptors (Lipinski definition) is 2. The summed E-state index contributed by atoms with van der Waals surface area (Å²) >= 11 is 2.10. The largest absolute Gasteiger partial charge is 0.312 e. The van der Waals surface area contributed by atoms with Crippen molar-refractivity contribution in [3.63, 3.8) is 0 Å². The van der Waals surface area contributed by atoms with Crippen molar-refractivity contribution in [1.29, 1.82) is 0 Å². The van der Waals surface area contributed by atoms with E-state index in [1.54, 1.807) is 0 Å². The van der Waals surface area contributed by atoms with Crippen LogP contribution in [0.4, 0.5) is 0 Å². The maximum atomic E-state index is 3.73. The molecular weight excluding hydrogens is 190 g/mol. The van der Waals surface area contributed by atoms with E-state index >= 15 is 0 Å². The molecule has 1 rings (SSSR count). The van der Waals surface area contributed by atoms with Gasteiger partial charge in [0, 0.05) is 17.8 Å². The van der Waals surface area contributed by atoms with Crippen LogP contribution in [0.15, 0.2) is 0 Å². The van der Waals surface area contributed by atoms with E-state index in [-0.39, 0.29) is 0 Å². The van der Waals surface area contributed by atoms with Crippen LogP contribution in [-0.4, -0.2) is 23.6 Å². The van der Waals surface area contributed by atoms with Gasteiger partial charge in [-0.3, -0.25) is 0 Å². The highest BCUT2D eigenvalue weighted by atomic mass is 32.2. The molecule has 0 aromatic heterocycles. The molecule has 1 N–H and O–H groups in total. The summed E-state index contributed by atoms with van der Waals surface area (Å²) < 4.78 is 0. The standard InChI is InChI=1S/C12H25NS/c1-9(2)12(4,5)8-13-11-6-7-14-10(11)3/h9-11,13H,6-8H2,1-5H3. The van der Waals surface area contributed by atoms with E-state index in [0.717, 1.165) is 23.8 Å². The maximum absolute atomic E-state index is 3.73. The second kappa shape index (κ2) is 4.89. The molecule has 1 aliphatic heterocycles. The minimum atomic E-state index is 0.424. The molecule has 0 aromatic rings. The number of thioether (sulfide) groups is 1. The Morgan fingerprint density at radius 2 is 2.07 bits per heavy atom. The van der Waals surface area contributed by atoms with Crippen molar-refractivity contribution in [2.24, 2.45) is 11.3 Å². The second-order valence-electron chi connectivity index (χ2n) is 5.50. The first-order chi connectivity index (χ1) is 6.43. The van der Waals surface area contributed by atoms with Gasteiger partial charge in [0.1, 0.15) is 0 Å². The Hall–Kier alpha value is 0.310. The Morgan fingerprint density at radius 1 is 1.43 bits per heavy atom. The first-order valence-corrected chi connectivity index (χ1v) is 6.83. The van der Waals surface area contributed by atoms with Gasteiger partial charge in [-0.05, 0) is 23.5 Å². The van der Waals surface area contributed by atoms with Crippen molar-refractivity contribution in [3.8, 4) is 0 Å². The lowest BCUT2D eigenvalue weighted by Crippen LogP contribution is -2.41. The summed E-state index contributed by atoms with van der Waals surface area (Å²) in [5, 5.41) is 4.54. The highest BCUT2D eigenvalue weighted by molar-refractivity contribution is 8.00. The molecule has 2 heteroatoms. The molecule has 2 unspecified atom stereocenters. The number of nitrogens with one attached hydrogen (secondary N) is 1. The third-order valence-electron chi connectivity index (χ3n) is 3.76. The molecule has 0 spiro atoms. The number of hydrogen-bond donors (Lipinski definition) is 1. The molecule has 0 bridgehead atoms. The van der Waals surface area contributed by atoms with Crippen LogP contribution in [0.25, 0.3) is 0 Å². The smallest absolute Gasteiger partial charge is 0.0191 e. The van der Waals surface area contributed by atoms with Gasteiger partial charge in [0.15, 0.2) is 0 Å². The fraction of sp³-hybridized carbons (Fsp3) is 1.00. The molecule has 0 aromatic carbocycles. The summed E-state index contributed by atoms with van der Waals surface area (Å²) in [5.74, 6) is 2.08. The predicted molar refractivity (Wildman–Crippen MR) is 66.9 cm³/mol. The zero-order valence-corrected chi connectivity index (χ0v) is 11.1. The van der Waals surface area contributed by atoms with E-state index < -0.39 is 0 Å². The molecule has 1 saturated heterocycles. The average Bonchev–Trinajstić information content (AvgIpc) is 2.47. The van der Waals surface area contributed by atoms with Gasteiger partial charge in [0.25, 0.3) is 0 Å². The Balaban J connectivity index is 2.32. The molecule has 0 aliphatic carbocycles. The zero-order chi connectivity index (χ0) is 10.8. The van der Waals surface area contributed by atoms with E-state index in [4.69, 9.17) is 0 Å². The molecule has 0 radical (unpaired) electrons. The minimum Gasteiger partial charge on any atom is -0.312 e. The molecule has 2 atom stereocenters. The van der Waals surface area contributed by atoms with Crippen molar-refractivity contribution in [3.05, 3.63) is 0 Å². The van der Waals surface area contributed by atoms with Crippen molar-refractivity contribution >= 4 is 11.8 Å². The molecule has 1 fully saturated rings. The number of rotatable bonds is 4. The Kier molecular flexibility index (Phi) is 4.32. The van der Waals surface area contributed by atoms with Crippen LogP contribution in [0.5, 0.6) is 0 Å². The molecule has 1 nitrogen and oxygen atoms in total. The Morgan fingerprint density at radius 3 is 2.50 bits per heavy atom. The van der Waals surface area contributed by atoms with Crippen LogP contribution in [0.2, 0.25) is 0 Å². The molecule has 1 aliphatic rings. The van der Waals surface area contributed by atoms with Crippen molar-refractivity contribution in [1.82, 2.24) is 5.32 Å². The van der Waals surface area contributed by atoms with E-state index in [1.807, 2.05) is 0 Å². The van der Waals surface area contributed by atoms with E-state index in [9.17, 15) is 0 Å². The highest BCUT2D eigenvalue weighted by Gasteiger charge is 2.27. The van der Waals surface area contributed by atoms with Gasteiger partial charge in [-0.1, -0.05) is 34.6 Å². The van der Waals surface area contributed by atoms with Crippen molar-refractivity contribution < 1.29 is 0 Å². The molecule has 14 heavy (non-hydrogen) atoms. The predicted octanol–water partition coefficient (Wildman–Crippen LogP) is 3.15. The van der Waals surface area contributed by atoms with Crippen molar-refractivity contribution in [2.45, 2.75) is 52.3 Å². The topological polar surface area (TPSA) is 12.0 Å². The Labute approximate surface area is 93.4 Å².